The van der Waals surface area contributed by atoms with E-state index in [1.54, 1.807) is 13.0 Å². The SMILES string of the molecule is CCOC(=O)Oc1cc(N(CC=C(F)F)C(C)=O)c([N+](=O)[O-])c2ccccc12. The lowest BCUT2D eigenvalue weighted by Crippen LogP contribution is -2.29. The van der Waals surface area contributed by atoms with Crippen LogP contribution in [0.15, 0.2) is 42.5 Å². The molecule has 0 aliphatic rings. The molecule has 0 aliphatic carbocycles. The van der Waals surface area contributed by atoms with Crippen molar-refractivity contribution in [2.45, 2.75) is 13.8 Å². The standard InChI is InChI=1S/C18H16F2N2O6/c1-3-27-18(24)28-15-10-14(21(11(2)23)9-8-16(19)20)17(22(25)26)13-7-5-4-6-12(13)15/h4-8,10H,3,9H2,1-2H3. The van der Waals surface area contributed by atoms with Gasteiger partial charge in [0.05, 0.1) is 16.9 Å². The smallest absolute Gasteiger partial charge is 0.434 e. The first-order valence-corrected chi connectivity index (χ1v) is 8.10. The molecule has 1 amide bonds. The van der Waals surface area contributed by atoms with Crippen molar-refractivity contribution in [1.29, 1.82) is 0 Å². The number of halogens is 2. The van der Waals surface area contributed by atoms with Gasteiger partial charge in [-0.05, 0) is 13.0 Å². The number of carbonyl (C=O) groups excluding carboxylic acids is 2. The van der Waals surface area contributed by atoms with Crippen molar-refractivity contribution in [1.82, 2.24) is 0 Å². The highest BCUT2D eigenvalue weighted by atomic mass is 19.3. The van der Waals surface area contributed by atoms with E-state index in [0.29, 0.717) is 6.08 Å². The van der Waals surface area contributed by atoms with E-state index in [2.05, 4.69) is 0 Å². The van der Waals surface area contributed by atoms with Gasteiger partial charge in [0, 0.05) is 31.0 Å². The summed E-state index contributed by atoms with van der Waals surface area (Å²) in [6, 6.07) is 7.07. The van der Waals surface area contributed by atoms with E-state index in [1.165, 1.54) is 18.2 Å². The molecule has 0 saturated heterocycles. The average molecular weight is 394 g/mol. The van der Waals surface area contributed by atoms with Crippen LogP contribution in [0.25, 0.3) is 10.8 Å². The van der Waals surface area contributed by atoms with Gasteiger partial charge < -0.3 is 14.4 Å². The number of nitro benzene ring substituents is 1. The van der Waals surface area contributed by atoms with Crippen LogP contribution in [0.5, 0.6) is 5.75 Å². The molecule has 0 spiro atoms. The fourth-order valence-electron chi connectivity index (χ4n) is 2.59. The molecule has 2 aromatic rings. The minimum Gasteiger partial charge on any atom is -0.434 e. The summed E-state index contributed by atoms with van der Waals surface area (Å²) in [7, 11) is 0. The number of fused-ring (bicyclic) bond motifs is 1. The summed E-state index contributed by atoms with van der Waals surface area (Å²) in [4.78, 5) is 35.5. The highest BCUT2D eigenvalue weighted by Gasteiger charge is 2.28. The van der Waals surface area contributed by atoms with Gasteiger partial charge >= 0.3 is 11.8 Å². The van der Waals surface area contributed by atoms with Crippen molar-refractivity contribution in [2.75, 3.05) is 18.1 Å². The third-order valence-corrected chi connectivity index (χ3v) is 3.70. The molecule has 0 N–H and O–H groups in total. The van der Waals surface area contributed by atoms with Crippen molar-refractivity contribution in [3.05, 3.63) is 52.6 Å². The van der Waals surface area contributed by atoms with Gasteiger partial charge in [-0.2, -0.15) is 8.78 Å². The van der Waals surface area contributed by atoms with E-state index >= 15 is 0 Å². The number of nitrogens with zero attached hydrogens (tertiary/aromatic N) is 2. The molecule has 0 fully saturated rings. The molecule has 10 heteroatoms. The first-order valence-electron chi connectivity index (χ1n) is 8.10. The van der Waals surface area contributed by atoms with E-state index in [4.69, 9.17) is 9.47 Å². The number of hydrogen-bond donors (Lipinski definition) is 0. The third kappa shape index (κ3) is 4.58. The van der Waals surface area contributed by atoms with Crippen LogP contribution in [-0.4, -0.2) is 30.1 Å². The lowest BCUT2D eigenvalue weighted by atomic mass is 10.1. The van der Waals surface area contributed by atoms with Crippen LogP contribution in [-0.2, 0) is 9.53 Å². The molecule has 0 bridgehead atoms. The Morgan fingerprint density at radius 3 is 2.43 bits per heavy atom. The summed E-state index contributed by atoms with van der Waals surface area (Å²) < 4.78 is 34.9. The maximum atomic E-state index is 12.5. The zero-order valence-electron chi connectivity index (χ0n) is 15.0. The molecule has 0 aliphatic heterocycles. The Hall–Kier alpha value is -3.56. The van der Waals surface area contributed by atoms with Gasteiger partial charge in [0.25, 0.3) is 6.08 Å². The molecule has 2 aromatic carbocycles. The minimum atomic E-state index is -2.04. The van der Waals surface area contributed by atoms with Crippen LogP contribution in [0, 0.1) is 10.1 Å². The Bertz CT molecular complexity index is 956. The van der Waals surface area contributed by atoms with Crippen molar-refractivity contribution < 1.29 is 32.8 Å². The van der Waals surface area contributed by atoms with Gasteiger partial charge in [-0.15, -0.1) is 0 Å². The average Bonchev–Trinajstić information content (AvgIpc) is 2.61. The molecule has 0 aromatic heterocycles. The summed E-state index contributed by atoms with van der Waals surface area (Å²) in [5, 5.41) is 12.0. The normalized spacial score (nSPS) is 10.3. The number of amides is 1. The molecule has 0 heterocycles. The van der Waals surface area contributed by atoms with Gasteiger partial charge in [-0.1, -0.05) is 18.2 Å². The van der Waals surface area contributed by atoms with Gasteiger partial charge in [-0.3, -0.25) is 14.9 Å². The van der Waals surface area contributed by atoms with Crippen molar-refractivity contribution >= 4 is 34.2 Å². The van der Waals surface area contributed by atoms with Crippen molar-refractivity contribution in [2.24, 2.45) is 0 Å². The van der Waals surface area contributed by atoms with Crippen LogP contribution < -0.4 is 9.64 Å². The van der Waals surface area contributed by atoms with Gasteiger partial charge in [-0.25, -0.2) is 4.79 Å². The third-order valence-electron chi connectivity index (χ3n) is 3.70. The Kier molecular flexibility index (Phi) is 6.59. The Balaban J connectivity index is 2.76. The second-order valence-corrected chi connectivity index (χ2v) is 5.45. The van der Waals surface area contributed by atoms with Crippen molar-refractivity contribution in [3.63, 3.8) is 0 Å². The zero-order valence-corrected chi connectivity index (χ0v) is 15.0. The lowest BCUT2D eigenvalue weighted by Gasteiger charge is -2.21. The van der Waals surface area contributed by atoms with Crippen molar-refractivity contribution in [3.8, 4) is 5.75 Å². The van der Waals surface area contributed by atoms with E-state index in [-0.39, 0.29) is 28.8 Å². The number of hydrogen-bond acceptors (Lipinski definition) is 6. The summed E-state index contributed by atoms with van der Waals surface area (Å²) in [6.45, 7) is 2.08. The summed E-state index contributed by atoms with van der Waals surface area (Å²) in [5.74, 6) is -0.816. The van der Waals surface area contributed by atoms with Gasteiger partial charge in [0.1, 0.15) is 11.4 Å². The van der Waals surface area contributed by atoms with Crippen LogP contribution in [0.3, 0.4) is 0 Å². The molecule has 0 radical (unpaired) electrons. The Labute approximate surface area is 158 Å². The van der Waals surface area contributed by atoms with E-state index in [9.17, 15) is 28.5 Å². The van der Waals surface area contributed by atoms with Crippen LogP contribution in [0.1, 0.15) is 13.8 Å². The highest BCUT2D eigenvalue weighted by molar-refractivity contribution is 6.05. The highest BCUT2D eigenvalue weighted by Crippen LogP contribution is 2.41. The van der Waals surface area contributed by atoms with Crippen LogP contribution in [0.2, 0.25) is 0 Å². The number of benzene rings is 2. The molecule has 0 atom stereocenters. The second-order valence-electron chi connectivity index (χ2n) is 5.45. The number of anilines is 1. The zero-order chi connectivity index (χ0) is 20.8. The summed E-state index contributed by atoms with van der Waals surface area (Å²) in [6.07, 6.45) is -2.64. The van der Waals surface area contributed by atoms with Gasteiger partial charge in [0.2, 0.25) is 5.91 Å². The molecule has 148 valence electrons. The van der Waals surface area contributed by atoms with Gasteiger partial charge in [0.15, 0.2) is 0 Å². The maximum absolute atomic E-state index is 12.5. The van der Waals surface area contributed by atoms with E-state index in [0.717, 1.165) is 17.9 Å². The number of rotatable bonds is 6. The predicted octanol–water partition coefficient (Wildman–Crippen LogP) is 4.42. The molecule has 28 heavy (non-hydrogen) atoms. The minimum absolute atomic E-state index is 0.0384. The maximum Gasteiger partial charge on any atom is 0.513 e. The molecular formula is C18H16F2N2O6. The first kappa shape index (κ1) is 20.7. The van der Waals surface area contributed by atoms with E-state index < -0.39 is 35.3 Å². The molecule has 2 rings (SSSR count). The van der Waals surface area contributed by atoms with Crippen LogP contribution in [0.4, 0.5) is 25.0 Å². The molecule has 0 saturated carbocycles. The largest absolute Gasteiger partial charge is 0.513 e. The monoisotopic (exact) mass is 394 g/mol. The number of carbonyl (C=O) groups is 2. The summed E-state index contributed by atoms with van der Waals surface area (Å²) >= 11 is 0. The summed E-state index contributed by atoms with van der Waals surface area (Å²) in [5.41, 5.74) is -0.761. The fourth-order valence-corrected chi connectivity index (χ4v) is 2.59. The predicted molar refractivity (Wildman–Crippen MR) is 96.6 cm³/mol. The topological polar surface area (TPSA) is 99.0 Å². The quantitative estimate of drug-likeness (QED) is 0.311. The lowest BCUT2D eigenvalue weighted by molar-refractivity contribution is -0.382. The Morgan fingerprint density at radius 1 is 1.25 bits per heavy atom. The molecule has 0 unspecified atom stereocenters. The van der Waals surface area contributed by atoms with E-state index in [1.807, 2.05) is 0 Å². The Morgan fingerprint density at radius 2 is 1.89 bits per heavy atom. The second kappa shape index (κ2) is 8.89. The molecular weight excluding hydrogens is 378 g/mol. The number of ether oxygens (including phenoxy) is 2. The molecule has 8 nitrogen and oxygen atoms in total. The first-order chi connectivity index (χ1) is 13.3. The van der Waals surface area contributed by atoms with Crippen LogP contribution >= 0.6 is 0 Å². The number of nitro groups is 1. The fraction of sp³-hybridized carbons (Fsp3) is 0.222.